The molecule has 2 amide bonds. The number of aromatic nitrogens is 2. The fraction of sp³-hybridized carbons (Fsp3) is 0.522. The van der Waals surface area contributed by atoms with Gasteiger partial charge in [-0.05, 0) is 24.6 Å². The summed E-state index contributed by atoms with van der Waals surface area (Å²) in [5.41, 5.74) is 3.26. The number of carbonyl (C=O) groups is 2. The Labute approximate surface area is 186 Å². The van der Waals surface area contributed by atoms with Crippen LogP contribution in [-0.4, -0.2) is 66.9 Å². The summed E-state index contributed by atoms with van der Waals surface area (Å²) < 4.78 is 18.4. The third-order valence-electron chi connectivity index (χ3n) is 6.34. The third-order valence-corrected chi connectivity index (χ3v) is 6.34. The van der Waals surface area contributed by atoms with Crippen molar-refractivity contribution < 1.29 is 23.8 Å². The Morgan fingerprint density at radius 1 is 1.09 bits per heavy atom. The Kier molecular flexibility index (Phi) is 5.60. The van der Waals surface area contributed by atoms with Crippen molar-refractivity contribution in [2.45, 2.75) is 44.9 Å². The van der Waals surface area contributed by atoms with E-state index in [1.165, 1.54) is 0 Å². The lowest BCUT2D eigenvalue weighted by molar-refractivity contribution is -0.117. The zero-order chi connectivity index (χ0) is 22.2. The van der Waals surface area contributed by atoms with E-state index in [0.29, 0.717) is 57.2 Å². The number of benzene rings is 1. The minimum Gasteiger partial charge on any atom is -0.446 e. The van der Waals surface area contributed by atoms with Gasteiger partial charge >= 0.3 is 6.09 Å². The first kappa shape index (κ1) is 21.0. The number of rotatable bonds is 3. The van der Waals surface area contributed by atoms with Crippen LogP contribution in [0.1, 0.15) is 32.7 Å². The van der Waals surface area contributed by atoms with Crippen molar-refractivity contribution in [1.82, 2.24) is 9.78 Å². The summed E-state index contributed by atoms with van der Waals surface area (Å²) in [7, 11) is 0. The van der Waals surface area contributed by atoms with E-state index in [1.807, 2.05) is 42.2 Å². The smallest absolute Gasteiger partial charge is 0.414 e. The van der Waals surface area contributed by atoms with Gasteiger partial charge in [0.2, 0.25) is 5.91 Å². The normalized spacial score (nSPS) is 21.8. The van der Waals surface area contributed by atoms with Crippen LogP contribution in [0.2, 0.25) is 0 Å². The van der Waals surface area contributed by atoms with Gasteiger partial charge in [-0.1, -0.05) is 6.07 Å². The average molecular weight is 441 g/mol. The second kappa shape index (κ2) is 8.55. The molecule has 9 heteroatoms. The molecule has 0 aliphatic carbocycles. The van der Waals surface area contributed by atoms with Crippen LogP contribution in [0, 0.1) is 0 Å². The maximum absolute atomic E-state index is 13.2. The second-order valence-corrected chi connectivity index (χ2v) is 8.65. The van der Waals surface area contributed by atoms with Crippen LogP contribution in [0.3, 0.4) is 0 Å². The highest BCUT2D eigenvalue weighted by molar-refractivity contribution is 6.03. The maximum Gasteiger partial charge on any atom is 0.414 e. The van der Waals surface area contributed by atoms with Crippen LogP contribution in [0.15, 0.2) is 30.6 Å². The molecule has 0 radical (unpaired) electrons. The predicted molar refractivity (Wildman–Crippen MR) is 118 cm³/mol. The second-order valence-electron chi connectivity index (χ2n) is 8.65. The van der Waals surface area contributed by atoms with Crippen molar-refractivity contribution in [3.8, 4) is 11.1 Å². The first-order chi connectivity index (χ1) is 15.5. The van der Waals surface area contributed by atoms with Crippen LogP contribution < -0.4 is 9.80 Å². The van der Waals surface area contributed by atoms with Gasteiger partial charge in [-0.25, -0.2) is 4.79 Å². The molecule has 2 fully saturated rings. The van der Waals surface area contributed by atoms with Crippen molar-refractivity contribution >= 4 is 23.4 Å². The van der Waals surface area contributed by atoms with Crippen LogP contribution in [0.5, 0.6) is 0 Å². The van der Waals surface area contributed by atoms with E-state index in [-0.39, 0.29) is 30.2 Å². The molecule has 5 rings (SSSR count). The minimum atomic E-state index is -0.382. The van der Waals surface area contributed by atoms with Gasteiger partial charge in [0.05, 0.1) is 56.1 Å². The standard InChI is InChI=1S/C23H28N4O5/c1-15-11-25(23(29)32-20-5-7-30-8-6-20)22-9-17(3-4-21(22)27(15)16(2)28)18-10-24-26(12-18)19-13-31-14-19/h3-4,9-10,12,15,19-20H,5-8,11,13-14H2,1-2H3. The number of hydrogen-bond donors (Lipinski definition) is 0. The summed E-state index contributed by atoms with van der Waals surface area (Å²) in [6.07, 6.45) is 4.68. The molecule has 32 heavy (non-hydrogen) atoms. The number of nitrogens with zero attached hydrogens (tertiary/aromatic N) is 4. The van der Waals surface area contributed by atoms with Gasteiger partial charge in [0.15, 0.2) is 0 Å². The van der Waals surface area contributed by atoms with E-state index in [4.69, 9.17) is 14.2 Å². The van der Waals surface area contributed by atoms with Gasteiger partial charge < -0.3 is 19.1 Å². The van der Waals surface area contributed by atoms with Crippen molar-refractivity contribution in [2.24, 2.45) is 0 Å². The molecule has 3 aliphatic heterocycles. The van der Waals surface area contributed by atoms with E-state index in [0.717, 1.165) is 11.1 Å². The first-order valence-electron chi connectivity index (χ1n) is 11.1. The first-order valence-corrected chi connectivity index (χ1v) is 11.1. The molecule has 1 aromatic heterocycles. The largest absolute Gasteiger partial charge is 0.446 e. The van der Waals surface area contributed by atoms with Crippen molar-refractivity contribution in [2.75, 3.05) is 42.8 Å². The molecule has 170 valence electrons. The molecule has 0 N–H and O–H groups in total. The fourth-order valence-corrected chi connectivity index (χ4v) is 4.52. The molecule has 1 unspecified atom stereocenters. The van der Waals surface area contributed by atoms with E-state index in [1.54, 1.807) is 16.7 Å². The Hall–Kier alpha value is -2.91. The lowest BCUT2D eigenvalue weighted by Crippen LogP contribution is -2.52. The fourth-order valence-electron chi connectivity index (χ4n) is 4.52. The number of fused-ring (bicyclic) bond motifs is 1. The number of anilines is 2. The summed E-state index contributed by atoms with van der Waals surface area (Å²) in [5, 5.41) is 4.47. The van der Waals surface area contributed by atoms with Crippen LogP contribution >= 0.6 is 0 Å². The molecule has 3 aliphatic rings. The average Bonchev–Trinajstić information content (AvgIpc) is 3.21. The zero-order valence-corrected chi connectivity index (χ0v) is 18.4. The van der Waals surface area contributed by atoms with Gasteiger partial charge in [0.1, 0.15) is 6.10 Å². The number of ether oxygens (including phenoxy) is 3. The highest BCUT2D eigenvalue weighted by atomic mass is 16.6. The van der Waals surface area contributed by atoms with Gasteiger partial charge in [-0.15, -0.1) is 0 Å². The molecule has 0 bridgehead atoms. The molecule has 9 nitrogen and oxygen atoms in total. The van der Waals surface area contributed by atoms with Crippen molar-refractivity contribution in [1.29, 1.82) is 0 Å². The summed E-state index contributed by atoms with van der Waals surface area (Å²) in [6.45, 7) is 6.40. The third kappa shape index (κ3) is 3.86. The van der Waals surface area contributed by atoms with Gasteiger partial charge in [-0.3, -0.25) is 14.4 Å². The van der Waals surface area contributed by atoms with Gasteiger partial charge in [-0.2, -0.15) is 5.10 Å². The summed E-state index contributed by atoms with van der Waals surface area (Å²) in [5.74, 6) is -0.0539. The Balaban J connectivity index is 1.47. The molecule has 2 saturated heterocycles. The monoisotopic (exact) mass is 440 g/mol. The van der Waals surface area contributed by atoms with Gasteiger partial charge in [0, 0.05) is 38.1 Å². The topological polar surface area (TPSA) is 86.1 Å². The molecular formula is C23H28N4O5. The van der Waals surface area contributed by atoms with E-state index in [2.05, 4.69) is 5.10 Å². The highest BCUT2D eigenvalue weighted by Crippen LogP contribution is 2.39. The Morgan fingerprint density at radius 2 is 1.88 bits per heavy atom. The Morgan fingerprint density at radius 3 is 2.56 bits per heavy atom. The van der Waals surface area contributed by atoms with E-state index in [9.17, 15) is 9.59 Å². The van der Waals surface area contributed by atoms with E-state index < -0.39 is 0 Å². The molecule has 0 spiro atoms. The predicted octanol–water partition coefficient (Wildman–Crippen LogP) is 3.00. The van der Waals surface area contributed by atoms with Gasteiger partial charge in [0.25, 0.3) is 0 Å². The molecule has 4 heterocycles. The van der Waals surface area contributed by atoms with Crippen molar-refractivity contribution in [3.63, 3.8) is 0 Å². The molecule has 1 aromatic carbocycles. The minimum absolute atomic E-state index is 0.0539. The summed E-state index contributed by atoms with van der Waals surface area (Å²) >= 11 is 0. The summed E-state index contributed by atoms with van der Waals surface area (Å²) in [4.78, 5) is 29.0. The quantitative estimate of drug-likeness (QED) is 0.729. The number of carbonyl (C=O) groups excluding carboxylic acids is 2. The molecule has 0 saturated carbocycles. The zero-order valence-electron chi connectivity index (χ0n) is 18.4. The number of amides is 2. The van der Waals surface area contributed by atoms with Crippen LogP contribution in [0.4, 0.5) is 16.2 Å². The SMILES string of the molecule is CC(=O)N1c2ccc(-c3cnn(C4COC4)c3)cc2N(C(=O)OC2CCOCC2)CC1C. The van der Waals surface area contributed by atoms with E-state index >= 15 is 0 Å². The maximum atomic E-state index is 13.2. The lowest BCUT2D eigenvalue weighted by atomic mass is 10.0. The molecular weight excluding hydrogens is 412 g/mol. The Bertz CT molecular complexity index is 1010. The molecule has 2 aromatic rings. The van der Waals surface area contributed by atoms with Crippen LogP contribution in [-0.2, 0) is 19.0 Å². The lowest BCUT2D eigenvalue weighted by Gasteiger charge is -2.41. The highest BCUT2D eigenvalue weighted by Gasteiger charge is 2.35. The molecule has 1 atom stereocenters. The number of hydrogen-bond acceptors (Lipinski definition) is 6. The van der Waals surface area contributed by atoms with Crippen LogP contribution in [0.25, 0.3) is 11.1 Å². The summed E-state index contributed by atoms with van der Waals surface area (Å²) in [6, 6.07) is 5.92. The van der Waals surface area contributed by atoms with Crippen molar-refractivity contribution in [3.05, 3.63) is 30.6 Å².